The highest BCUT2D eigenvalue weighted by molar-refractivity contribution is 5.75. The third-order valence-corrected chi connectivity index (χ3v) is 3.57. The van der Waals surface area contributed by atoms with Gasteiger partial charge in [0.15, 0.2) is 0 Å². The molecule has 5 heteroatoms. The van der Waals surface area contributed by atoms with E-state index in [1.54, 1.807) is 13.3 Å². The minimum absolute atomic E-state index is 0.0685. The molecule has 0 aliphatic carbocycles. The van der Waals surface area contributed by atoms with Crippen LogP contribution in [-0.4, -0.2) is 24.5 Å². The van der Waals surface area contributed by atoms with Gasteiger partial charge in [-0.25, -0.2) is 4.98 Å². The molecule has 0 aliphatic rings. The fourth-order valence-electron chi connectivity index (χ4n) is 2.44. The molecule has 1 rings (SSSR count). The molecule has 118 valence electrons. The summed E-state index contributed by atoms with van der Waals surface area (Å²) in [5.41, 5.74) is 6.50. The Hall–Kier alpha value is -1.62. The van der Waals surface area contributed by atoms with Gasteiger partial charge in [-0.3, -0.25) is 4.79 Å². The number of nitrogens with two attached hydrogens (primary N) is 1. The Kier molecular flexibility index (Phi) is 8.43. The van der Waals surface area contributed by atoms with Gasteiger partial charge in [0.25, 0.3) is 0 Å². The van der Waals surface area contributed by atoms with E-state index in [0.29, 0.717) is 31.3 Å². The molecule has 0 saturated heterocycles. The molecular formula is C16H27N3O2. The smallest absolute Gasteiger partial charge is 0.220 e. The van der Waals surface area contributed by atoms with Crippen molar-refractivity contribution in [2.75, 3.05) is 13.7 Å². The maximum absolute atomic E-state index is 11.9. The van der Waals surface area contributed by atoms with Crippen molar-refractivity contribution in [3.05, 3.63) is 23.9 Å². The molecule has 0 radical (unpaired) electrons. The van der Waals surface area contributed by atoms with Crippen LogP contribution in [0.3, 0.4) is 0 Å². The van der Waals surface area contributed by atoms with Gasteiger partial charge >= 0.3 is 0 Å². The number of aromatic nitrogens is 1. The number of amides is 1. The molecule has 1 heterocycles. The lowest BCUT2D eigenvalue weighted by Gasteiger charge is -2.15. The fraction of sp³-hybridized carbons (Fsp3) is 0.625. The van der Waals surface area contributed by atoms with E-state index in [1.807, 2.05) is 12.1 Å². The quantitative estimate of drug-likeness (QED) is 0.693. The van der Waals surface area contributed by atoms with Gasteiger partial charge in [0.05, 0.1) is 7.11 Å². The summed E-state index contributed by atoms with van der Waals surface area (Å²) in [7, 11) is 1.58. The molecule has 5 nitrogen and oxygen atoms in total. The molecule has 0 aliphatic heterocycles. The summed E-state index contributed by atoms with van der Waals surface area (Å²) in [6.07, 6.45) is 6.40. The van der Waals surface area contributed by atoms with Crippen LogP contribution in [0.1, 0.15) is 44.6 Å². The Morgan fingerprint density at radius 3 is 2.90 bits per heavy atom. The molecular weight excluding hydrogens is 266 g/mol. The Morgan fingerprint density at radius 1 is 1.43 bits per heavy atom. The van der Waals surface area contributed by atoms with E-state index in [2.05, 4.69) is 17.2 Å². The van der Waals surface area contributed by atoms with Crippen molar-refractivity contribution >= 4 is 5.91 Å². The highest BCUT2D eigenvalue weighted by Gasteiger charge is 2.11. The van der Waals surface area contributed by atoms with E-state index in [0.717, 1.165) is 31.2 Å². The van der Waals surface area contributed by atoms with Crippen molar-refractivity contribution in [1.82, 2.24) is 10.3 Å². The molecule has 3 N–H and O–H groups in total. The third kappa shape index (κ3) is 6.58. The lowest BCUT2D eigenvalue weighted by Crippen LogP contribution is -2.24. The largest absolute Gasteiger partial charge is 0.481 e. The van der Waals surface area contributed by atoms with E-state index in [-0.39, 0.29) is 5.91 Å². The van der Waals surface area contributed by atoms with Crippen molar-refractivity contribution in [3.8, 4) is 5.88 Å². The Labute approximate surface area is 127 Å². The van der Waals surface area contributed by atoms with Gasteiger partial charge in [0, 0.05) is 24.7 Å². The van der Waals surface area contributed by atoms with Crippen molar-refractivity contribution in [2.24, 2.45) is 11.7 Å². The molecule has 1 aromatic rings. The molecule has 1 aromatic heterocycles. The van der Waals surface area contributed by atoms with Gasteiger partial charge in [-0.1, -0.05) is 25.8 Å². The van der Waals surface area contributed by atoms with Crippen LogP contribution in [0.2, 0.25) is 0 Å². The fourth-order valence-corrected chi connectivity index (χ4v) is 2.44. The van der Waals surface area contributed by atoms with Crippen molar-refractivity contribution < 1.29 is 9.53 Å². The normalized spacial score (nSPS) is 12.0. The average molecular weight is 293 g/mol. The highest BCUT2D eigenvalue weighted by atomic mass is 16.5. The Balaban J connectivity index is 2.36. The zero-order chi connectivity index (χ0) is 15.5. The van der Waals surface area contributed by atoms with Gasteiger partial charge < -0.3 is 15.8 Å². The molecule has 21 heavy (non-hydrogen) atoms. The summed E-state index contributed by atoms with van der Waals surface area (Å²) in [4.78, 5) is 16.0. The van der Waals surface area contributed by atoms with Gasteiger partial charge in [-0.2, -0.15) is 0 Å². The monoisotopic (exact) mass is 293 g/mol. The minimum atomic E-state index is 0.0685. The summed E-state index contributed by atoms with van der Waals surface area (Å²) in [6, 6.07) is 3.74. The number of methoxy groups -OCH3 is 1. The van der Waals surface area contributed by atoms with Crippen LogP contribution in [-0.2, 0) is 11.3 Å². The van der Waals surface area contributed by atoms with Crippen LogP contribution >= 0.6 is 0 Å². The zero-order valence-corrected chi connectivity index (χ0v) is 13.1. The number of nitrogens with one attached hydrogen (secondary N) is 1. The number of carbonyl (C=O) groups excluding carboxylic acids is 1. The Morgan fingerprint density at radius 2 is 2.24 bits per heavy atom. The molecule has 1 amide bonds. The van der Waals surface area contributed by atoms with Crippen molar-refractivity contribution in [3.63, 3.8) is 0 Å². The summed E-state index contributed by atoms with van der Waals surface area (Å²) in [6.45, 7) is 3.31. The lowest BCUT2D eigenvalue weighted by atomic mass is 9.94. The Bertz CT molecular complexity index is 418. The number of pyridine rings is 1. The van der Waals surface area contributed by atoms with Crippen LogP contribution in [0.4, 0.5) is 0 Å². The van der Waals surface area contributed by atoms with E-state index in [9.17, 15) is 4.79 Å². The second-order valence-electron chi connectivity index (χ2n) is 5.22. The van der Waals surface area contributed by atoms with Crippen molar-refractivity contribution in [1.29, 1.82) is 0 Å². The van der Waals surface area contributed by atoms with Crippen LogP contribution in [0.5, 0.6) is 5.88 Å². The summed E-state index contributed by atoms with van der Waals surface area (Å²) in [5, 5.41) is 2.92. The first-order chi connectivity index (χ1) is 10.2. The standard InChI is InChI=1S/C16H27N3O2/c1-3-5-13(9-10-17)7-8-15(20)19-12-14-6-4-11-18-16(14)21-2/h4,6,11,13H,3,5,7-10,12,17H2,1-2H3,(H,19,20). The first-order valence-electron chi connectivity index (χ1n) is 7.65. The second kappa shape index (κ2) is 10.2. The van der Waals surface area contributed by atoms with E-state index < -0.39 is 0 Å². The number of nitrogens with zero attached hydrogens (tertiary/aromatic N) is 1. The van der Waals surface area contributed by atoms with Gasteiger partial charge in [0.1, 0.15) is 0 Å². The number of hydrogen-bond acceptors (Lipinski definition) is 4. The SMILES string of the molecule is CCCC(CCN)CCC(=O)NCc1cccnc1OC. The molecule has 0 bridgehead atoms. The van der Waals surface area contributed by atoms with E-state index in [1.165, 1.54) is 0 Å². The predicted octanol–water partition coefficient (Wildman–Crippen LogP) is 2.25. The maximum Gasteiger partial charge on any atom is 0.220 e. The molecule has 0 fully saturated rings. The van der Waals surface area contributed by atoms with Crippen LogP contribution < -0.4 is 15.8 Å². The van der Waals surface area contributed by atoms with E-state index in [4.69, 9.17) is 10.5 Å². The maximum atomic E-state index is 11.9. The summed E-state index contributed by atoms with van der Waals surface area (Å²) in [5.74, 6) is 1.18. The topological polar surface area (TPSA) is 77.2 Å². The van der Waals surface area contributed by atoms with Gasteiger partial charge in [0.2, 0.25) is 11.8 Å². The van der Waals surface area contributed by atoms with E-state index >= 15 is 0 Å². The minimum Gasteiger partial charge on any atom is -0.481 e. The lowest BCUT2D eigenvalue weighted by molar-refractivity contribution is -0.121. The molecule has 1 atom stereocenters. The zero-order valence-electron chi connectivity index (χ0n) is 13.1. The second-order valence-corrected chi connectivity index (χ2v) is 5.22. The first-order valence-corrected chi connectivity index (χ1v) is 7.65. The third-order valence-electron chi connectivity index (χ3n) is 3.57. The van der Waals surface area contributed by atoms with Crippen LogP contribution in [0.25, 0.3) is 0 Å². The number of rotatable bonds is 10. The van der Waals surface area contributed by atoms with Crippen LogP contribution in [0, 0.1) is 5.92 Å². The average Bonchev–Trinajstić information content (AvgIpc) is 2.51. The summed E-state index contributed by atoms with van der Waals surface area (Å²) < 4.78 is 5.16. The molecule has 0 spiro atoms. The predicted molar refractivity (Wildman–Crippen MR) is 83.9 cm³/mol. The molecule has 0 saturated carbocycles. The summed E-state index contributed by atoms with van der Waals surface area (Å²) >= 11 is 0. The van der Waals surface area contributed by atoms with Gasteiger partial charge in [-0.05, 0) is 31.4 Å². The molecule has 1 unspecified atom stereocenters. The van der Waals surface area contributed by atoms with Crippen molar-refractivity contribution in [2.45, 2.75) is 45.6 Å². The first kappa shape index (κ1) is 17.4. The van der Waals surface area contributed by atoms with Crippen LogP contribution in [0.15, 0.2) is 18.3 Å². The van der Waals surface area contributed by atoms with Gasteiger partial charge in [-0.15, -0.1) is 0 Å². The number of ether oxygens (including phenoxy) is 1. The number of hydrogen-bond donors (Lipinski definition) is 2. The highest BCUT2D eigenvalue weighted by Crippen LogP contribution is 2.17. The number of carbonyl (C=O) groups is 1. The molecule has 0 aromatic carbocycles.